The van der Waals surface area contributed by atoms with E-state index in [-0.39, 0.29) is 12.6 Å². The molecule has 0 radical (unpaired) electrons. The number of hydrogen-bond donors (Lipinski definition) is 2. The molecule has 2 N–H and O–H groups in total. The van der Waals surface area contributed by atoms with Gasteiger partial charge in [0.15, 0.2) is 0 Å². The Bertz CT molecular complexity index is 338. The summed E-state index contributed by atoms with van der Waals surface area (Å²) in [6.45, 7) is 8.02. The van der Waals surface area contributed by atoms with Gasteiger partial charge in [-0.15, -0.1) is 0 Å². The number of carbonyl (C=O) groups excluding carboxylic acids is 1. The summed E-state index contributed by atoms with van der Waals surface area (Å²) in [6, 6.07) is -0.215. The molecule has 0 aromatic rings. The second-order valence-corrected chi connectivity index (χ2v) is 4.94. The van der Waals surface area contributed by atoms with Crippen LogP contribution in [0.4, 0.5) is 0 Å². The minimum absolute atomic E-state index is 0.0922. The number of ether oxygens (including phenoxy) is 1. The summed E-state index contributed by atoms with van der Waals surface area (Å²) < 4.78 is 5.03. The summed E-state index contributed by atoms with van der Waals surface area (Å²) in [6.07, 6.45) is 1.61. The molecule has 0 aliphatic carbocycles. The summed E-state index contributed by atoms with van der Waals surface area (Å²) in [5, 5.41) is 18.1. The van der Waals surface area contributed by atoms with Crippen LogP contribution in [0.1, 0.15) is 20.8 Å². The van der Waals surface area contributed by atoms with E-state index in [1.807, 2.05) is 14.0 Å². The fourth-order valence-electron chi connectivity index (χ4n) is 0.905. The Morgan fingerprint density at radius 3 is 2.47 bits per heavy atom. The Morgan fingerprint density at radius 1 is 1.53 bits per heavy atom. The Labute approximate surface area is 114 Å². The SMILES string of the molecule is C=C(C)N(C)/C=N\C(C)COC(=O)C(C)(CO)CO. The number of rotatable bonds is 8. The van der Waals surface area contributed by atoms with Crippen molar-refractivity contribution in [3.05, 3.63) is 12.3 Å². The molecule has 0 rings (SSSR count). The van der Waals surface area contributed by atoms with Gasteiger partial charge in [-0.25, -0.2) is 0 Å². The first-order valence-electron chi connectivity index (χ1n) is 6.07. The van der Waals surface area contributed by atoms with E-state index in [0.29, 0.717) is 0 Å². The second kappa shape index (κ2) is 7.91. The number of esters is 1. The van der Waals surface area contributed by atoms with E-state index in [4.69, 9.17) is 14.9 Å². The van der Waals surface area contributed by atoms with Crippen molar-refractivity contribution in [1.82, 2.24) is 4.90 Å². The number of aliphatic hydroxyl groups is 2. The molecule has 110 valence electrons. The van der Waals surface area contributed by atoms with Crippen LogP contribution in [0.3, 0.4) is 0 Å². The number of hydrogen-bond acceptors (Lipinski definition) is 5. The fraction of sp³-hybridized carbons (Fsp3) is 0.692. The van der Waals surface area contributed by atoms with Crippen LogP contribution in [-0.2, 0) is 9.53 Å². The summed E-state index contributed by atoms with van der Waals surface area (Å²) in [4.78, 5) is 17.6. The number of aliphatic imine (C=N–C) groups is 1. The van der Waals surface area contributed by atoms with Crippen molar-refractivity contribution >= 4 is 12.3 Å². The minimum Gasteiger partial charge on any atom is -0.463 e. The van der Waals surface area contributed by atoms with Gasteiger partial charge in [-0.05, 0) is 20.8 Å². The molecule has 0 aromatic carbocycles. The molecule has 6 nitrogen and oxygen atoms in total. The first-order chi connectivity index (χ1) is 8.76. The van der Waals surface area contributed by atoms with Crippen LogP contribution in [0.25, 0.3) is 0 Å². The topological polar surface area (TPSA) is 82.4 Å². The van der Waals surface area contributed by atoms with Crippen molar-refractivity contribution in [3.63, 3.8) is 0 Å². The maximum Gasteiger partial charge on any atom is 0.316 e. The summed E-state index contributed by atoms with van der Waals surface area (Å²) in [7, 11) is 1.82. The van der Waals surface area contributed by atoms with E-state index in [1.54, 1.807) is 18.2 Å². The predicted octanol–water partition coefficient (Wildman–Crippen LogP) is 0.403. The van der Waals surface area contributed by atoms with Crippen molar-refractivity contribution in [2.45, 2.75) is 26.8 Å². The quantitative estimate of drug-likeness (QED) is 0.380. The van der Waals surface area contributed by atoms with E-state index in [2.05, 4.69) is 11.6 Å². The van der Waals surface area contributed by atoms with Gasteiger partial charge in [-0.3, -0.25) is 9.79 Å². The third-order valence-electron chi connectivity index (χ3n) is 2.74. The van der Waals surface area contributed by atoms with Gasteiger partial charge in [-0.2, -0.15) is 0 Å². The molecular weight excluding hydrogens is 248 g/mol. The van der Waals surface area contributed by atoms with E-state index >= 15 is 0 Å². The van der Waals surface area contributed by atoms with Crippen LogP contribution in [0.5, 0.6) is 0 Å². The van der Waals surface area contributed by atoms with Crippen LogP contribution in [0.2, 0.25) is 0 Å². The monoisotopic (exact) mass is 272 g/mol. The highest BCUT2D eigenvalue weighted by molar-refractivity contribution is 5.76. The van der Waals surface area contributed by atoms with Crippen LogP contribution in [0, 0.1) is 5.41 Å². The zero-order valence-corrected chi connectivity index (χ0v) is 12.1. The highest BCUT2D eigenvalue weighted by Crippen LogP contribution is 2.16. The molecule has 1 atom stereocenters. The fourth-order valence-corrected chi connectivity index (χ4v) is 0.905. The molecule has 0 fully saturated rings. The highest BCUT2D eigenvalue weighted by Gasteiger charge is 2.33. The lowest BCUT2D eigenvalue weighted by atomic mass is 9.93. The molecule has 0 aliphatic heterocycles. The van der Waals surface area contributed by atoms with Gasteiger partial charge in [0.1, 0.15) is 12.0 Å². The number of carbonyl (C=O) groups is 1. The van der Waals surface area contributed by atoms with Crippen LogP contribution >= 0.6 is 0 Å². The first-order valence-corrected chi connectivity index (χ1v) is 6.07. The molecule has 0 aliphatic rings. The highest BCUT2D eigenvalue weighted by atomic mass is 16.5. The van der Waals surface area contributed by atoms with E-state index < -0.39 is 24.6 Å². The molecule has 0 saturated carbocycles. The molecular formula is C13H24N2O4. The number of aliphatic hydroxyl groups excluding tert-OH is 2. The standard InChI is InChI=1S/C13H24N2O4/c1-10(2)15(5)9-14-11(3)6-19-12(18)13(4,7-16)8-17/h9,11,16-17H,1,6-8H2,2-5H3/b14-9-. The van der Waals surface area contributed by atoms with Gasteiger partial charge >= 0.3 is 5.97 Å². The molecule has 0 amide bonds. The Hall–Kier alpha value is -1.40. The molecule has 0 aromatic heterocycles. The molecule has 19 heavy (non-hydrogen) atoms. The predicted molar refractivity (Wildman–Crippen MR) is 73.8 cm³/mol. The van der Waals surface area contributed by atoms with Gasteiger partial charge in [0.25, 0.3) is 0 Å². The summed E-state index contributed by atoms with van der Waals surface area (Å²) >= 11 is 0. The van der Waals surface area contributed by atoms with Gasteiger partial charge in [0.2, 0.25) is 0 Å². The van der Waals surface area contributed by atoms with Crippen molar-refractivity contribution in [3.8, 4) is 0 Å². The Kier molecular flexibility index (Phi) is 7.33. The summed E-state index contributed by atoms with van der Waals surface area (Å²) in [5.41, 5.74) is -0.418. The van der Waals surface area contributed by atoms with Crippen molar-refractivity contribution in [2.24, 2.45) is 10.4 Å². The molecule has 0 heterocycles. The van der Waals surface area contributed by atoms with E-state index in [0.717, 1.165) is 5.70 Å². The number of nitrogens with zero attached hydrogens (tertiary/aromatic N) is 2. The van der Waals surface area contributed by atoms with E-state index in [1.165, 1.54) is 6.92 Å². The Balaban J connectivity index is 4.27. The van der Waals surface area contributed by atoms with Gasteiger partial charge < -0.3 is 19.8 Å². The van der Waals surface area contributed by atoms with Crippen molar-refractivity contribution in [2.75, 3.05) is 26.9 Å². The van der Waals surface area contributed by atoms with Gasteiger partial charge in [0.05, 0.1) is 25.6 Å². The summed E-state index contributed by atoms with van der Waals surface area (Å²) in [5.74, 6) is -0.632. The van der Waals surface area contributed by atoms with Gasteiger partial charge in [-0.1, -0.05) is 6.58 Å². The first kappa shape index (κ1) is 17.6. The lowest BCUT2D eigenvalue weighted by molar-refractivity contribution is -0.160. The molecule has 1 unspecified atom stereocenters. The minimum atomic E-state index is -1.27. The molecule has 0 saturated heterocycles. The largest absolute Gasteiger partial charge is 0.463 e. The van der Waals surface area contributed by atoms with Crippen LogP contribution in [-0.4, -0.2) is 60.3 Å². The van der Waals surface area contributed by atoms with Crippen molar-refractivity contribution in [1.29, 1.82) is 0 Å². The second-order valence-electron chi connectivity index (χ2n) is 4.94. The maximum absolute atomic E-state index is 11.7. The van der Waals surface area contributed by atoms with Gasteiger partial charge in [0, 0.05) is 12.7 Å². The van der Waals surface area contributed by atoms with Crippen LogP contribution in [0.15, 0.2) is 17.3 Å². The molecule has 0 bridgehead atoms. The average molecular weight is 272 g/mol. The normalized spacial score (nSPS) is 13.4. The molecule has 6 heteroatoms. The van der Waals surface area contributed by atoms with Crippen LogP contribution < -0.4 is 0 Å². The smallest absolute Gasteiger partial charge is 0.316 e. The third-order valence-corrected chi connectivity index (χ3v) is 2.74. The maximum atomic E-state index is 11.7. The average Bonchev–Trinajstić information content (AvgIpc) is 2.40. The van der Waals surface area contributed by atoms with Crippen molar-refractivity contribution < 1.29 is 19.7 Å². The third kappa shape index (κ3) is 5.85. The zero-order valence-electron chi connectivity index (χ0n) is 12.1. The number of allylic oxidation sites excluding steroid dienone is 1. The Morgan fingerprint density at radius 2 is 2.05 bits per heavy atom. The lowest BCUT2D eigenvalue weighted by Crippen LogP contribution is -2.38. The lowest BCUT2D eigenvalue weighted by Gasteiger charge is -2.22. The zero-order chi connectivity index (χ0) is 15.1. The van der Waals surface area contributed by atoms with E-state index in [9.17, 15) is 4.79 Å². The molecule has 0 spiro atoms.